The van der Waals surface area contributed by atoms with Crippen molar-refractivity contribution in [3.8, 4) is 11.3 Å². The summed E-state index contributed by atoms with van der Waals surface area (Å²) >= 11 is 5.43. The van der Waals surface area contributed by atoms with Crippen LogP contribution >= 0.6 is 11.6 Å². The Labute approximate surface area is 97.9 Å². The molecule has 2 nitrogen and oxygen atoms in total. The fourth-order valence-electron chi connectivity index (χ4n) is 1.24. The van der Waals surface area contributed by atoms with E-state index < -0.39 is 29.0 Å². The average molecular weight is 263 g/mol. The zero-order valence-electron chi connectivity index (χ0n) is 8.02. The number of hydrogen-bond acceptors (Lipinski definition) is 2. The lowest BCUT2D eigenvalue weighted by atomic mass is 10.1. The molecule has 0 bridgehead atoms. The molecule has 0 atom stereocenters. The highest BCUT2D eigenvalue weighted by Gasteiger charge is 2.15. The molecule has 0 aliphatic rings. The van der Waals surface area contributed by atoms with E-state index in [4.69, 9.17) is 11.6 Å². The van der Waals surface area contributed by atoms with E-state index in [1.54, 1.807) is 0 Å². The first-order chi connectivity index (χ1) is 7.99. The number of hydrogen-bond donors (Lipinski definition) is 0. The van der Waals surface area contributed by atoms with Gasteiger partial charge in [0.25, 0.3) is 0 Å². The van der Waals surface area contributed by atoms with E-state index in [2.05, 4.69) is 9.97 Å². The highest BCUT2D eigenvalue weighted by molar-refractivity contribution is 6.28. The van der Waals surface area contributed by atoms with Crippen LogP contribution in [0.3, 0.4) is 0 Å². The Morgan fingerprint density at radius 1 is 0.941 bits per heavy atom. The van der Waals surface area contributed by atoms with Gasteiger partial charge in [0.1, 0.15) is 5.69 Å². The molecule has 7 heteroatoms. The maximum absolute atomic E-state index is 13.3. The average Bonchev–Trinajstić information content (AvgIpc) is 2.28. The molecule has 0 saturated carbocycles. The summed E-state index contributed by atoms with van der Waals surface area (Å²) in [6, 6.07) is 1.25. The monoisotopic (exact) mass is 262 g/mol. The van der Waals surface area contributed by atoms with Crippen LogP contribution in [0.4, 0.5) is 17.6 Å². The minimum atomic E-state index is -1.63. The molecule has 0 spiro atoms. The van der Waals surface area contributed by atoms with Crippen molar-refractivity contribution in [3.05, 3.63) is 46.9 Å². The Kier molecular flexibility index (Phi) is 2.97. The second-order valence-electron chi connectivity index (χ2n) is 3.09. The third-order valence-corrected chi connectivity index (χ3v) is 2.15. The van der Waals surface area contributed by atoms with Crippen molar-refractivity contribution in [2.24, 2.45) is 0 Å². The lowest BCUT2D eigenvalue weighted by molar-refractivity contribution is 0.447. The first-order valence-corrected chi connectivity index (χ1v) is 4.70. The van der Waals surface area contributed by atoms with Gasteiger partial charge in [-0.2, -0.15) is 0 Å². The standard InChI is InChI=1S/C10H3ClF4N2/c11-10-16-3-7(14)9(17-10)4-1-5(12)8(15)6(13)2-4/h1-3H. The smallest absolute Gasteiger partial charge is 0.223 e. The van der Waals surface area contributed by atoms with E-state index >= 15 is 0 Å². The molecule has 88 valence electrons. The molecule has 0 amide bonds. The third kappa shape index (κ3) is 2.21. The Morgan fingerprint density at radius 2 is 1.53 bits per heavy atom. The Hall–Kier alpha value is -1.69. The third-order valence-electron chi connectivity index (χ3n) is 1.97. The molecular weight excluding hydrogens is 260 g/mol. The highest BCUT2D eigenvalue weighted by atomic mass is 35.5. The van der Waals surface area contributed by atoms with Crippen molar-refractivity contribution in [1.82, 2.24) is 9.97 Å². The molecule has 0 radical (unpaired) electrons. The number of benzene rings is 1. The van der Waals surface area contributed by atoms with Gasteiger partial charge in [-0.15, -0.1) is 0 Å². The molecule has 1 aromatic carbocycles. The van der Waals surface area contributed by atoms with Gasteiger partial charge >= 0.3 is 0 Å². The number of aromatic nitrogens is 2. The molecule has 2 rings (SSSR count). The van der Waals surface area contributed by atoms with Gasteiger partial charge in [-0.3, -0.25) is 0 Å². The molecule has 0 unspecified atom stereocenters. The Bertz CT molecular complexity index is 566. The molecule has 1 heterocycles. The molecular formula is C10H3ClF4N2. The molecule has 0 saturated heterocycles. The van der Waals surface area contributed by atoms with Crippen LogP contribution < -0.4 is 0 Å². The van der Waals surface area contributed by atoms with Crippen LogP contribution in [0, 0.1) is 23.3 Å². The zero-order chi connectivity index (χ0) is 12.6. The van der Waals surface area contributed by atoms with Crippen molar-refractivity contribution in [2.75, 3.05) is 0 Å². The highest BCUT2D eigenvalue weighted by Crippen LogP contribution is 2.24. The van der Waals surface area contributed by atoms with Crippen LogP contribution in [-0.4, -0.2) is 9.97 Å². The van der Waals surface area contributed by atoms with Crippen molar-refractivity contribution in [1.29, 1.82) is 0 Å². The summed E-state index contributed by atoms with van der Waals surface area (Å²) in [6.07, 6.45) is 0.754. The van der Waals surface area contributed by atoms with Gasteiger partial charge in [0.05, 0.1) is 6.20 Å². The quantitative estimate of drug-likeness (QED) is 0.447. The maximum atomic E-state index is 13.3. The van der Waals surface area contributed by atoms with Crippen LogP contribution in [0.15, 0.2) is 18.3 Å². The lowest BCUT2D eigenvalue weighted by Crippen LogP contribution is -1.96. The van der Waals surface area contributed by atoms with Gasteiger partial charge < -0.3 is 0 Å². The predicted molar refractivity (Wildman–Crippen MR) is 52.3 cm³/mol. The zero-order valence-corrected chi connectivity index (χ0v) is 8.77. The number of nitrogens with zero attached hydrogens (tertiary/aromatic N) is 2. The summed E-state index contributed by atoms with van der Waals surface area (Å²) in [7, 11) is 0. The van der Waals surface area contributed by atoms with E-state index in [1.165, 1.54) is 0 Å². The van der Waals surface area contributed by atoms with Gasteiger partial charge in [-0.05, 0) is 23.7 Å². The number of rotatable bonds is 1. The maximum Gasteiger partial charge on any atom is 0.223 e. The van der Waals surface area contributed by atoms with Crippen LogP contribution in [-0.2, 0) is 0 Å². The Balaban J connectivity index is 2.64. The topological polar surface area (TPSA) is 25.8 Å². The van der Waals surface area contributed by atoms with Crippen LogP contribution in [0.5, 0.6) is 0 Å². The Morgan fingerprint density at radius 3 is 2.12 bits per heavy atom. The summed E-state index contributed by atoms with van der Waals surface area (Å²) in [6.45, 7) is 0. The molecule has 0 fully saturated rings. The van der Waals surface area contributed by atoms with E-state index in [0.717, 1.165) is 6.20 Å². The molecule has 17 heavy (non-hydrogen) atoms. The largest absolute Gasteiger partial charge is 0.223 e. The van der Waals surface area contributed by atoms with Gasteiger partial charge in [0.15, 0.2) is 23.3 Å². The first kappa shape index (κ1) is 11.8. The van der Waals surface area contributed by atoms with E-state index in [9.17, 15) is 17.6 Å². The van der Waals surface area contributed by atoms with Crippen molar-refractivity contribution in [3.63, 3.8) is 0 Å². The minimum Gasteiger partial charge on any atom is -0.223 e. The summed E-state index contributed by atoms with van der Waals surface area (Å²) < 4.78 is 51.9. The fraction of sp³-hybridized carbons (Fsp3) is 0. The van der Waals surface area contributed by atoms with Crippen LogP contribution in [0.25, 0.3) is 11.3 Å². The summed E-state index contributed by atoms with van der Waals surface area (Å²) in [5.74, 6) is -5.42. The first-order valence-electron chi connectivity index (χ1n) is 4.32. The summed E-state index contributed by atoms with van der Waals surface area (Å²) in [5, 5.41) is -0.286. The van der Waals surface area contributed by atoms with Crippen molar-refractivity contribution in [2.45, 2.75) is 0 Å². The predicted octanol–water partition coefficient (Wildman–Crippen LogP) is 3.35. The molecule has 0 aliphatic carbocycles. The van der Waals surface area contributed by atoms with Gasteiger partial charge in [0.2, 0.25) is 5.28 Å². The van der Waals surface area contributed by atoms with Crippen LogP contribution in [0.2, 0.25) is 5.28 Å². The van der Waals surface area contributed by atoms with Crippen molar-refractivity contribution < 1.29 is 17.6 Å². The summed E-state index contributed by atoms with van der Waals surface area (Å²) in [4.78, 5) is 6.82. The molecule has 0 aliphatic heterocycles. The molecule has 1 aromatic heterocycles. The van der Waals surface area contributed by atoms with E-state index in [-0.39, 0.29) is 10.8 Å². The minimum absolute atomic E-state index is 0.261. The SMILES string of the molecule is Fc1cnc(Cl)nc1-c1cc(F)c(F)c(F)c1. The second kappa shape index (κ2) is 4.29. The molecule has 2 aromatic rings. The second-order valence-corrected chi connectivity index (χ2v) is 3.43. The van der Waals surface area contributed by atoms with Gasteiger partial charge in [-0.25, -0.2) is 27.5 Å². The van der Waals surface area contributed by atoms with Crippen LogP contribution in [0.1, 0.15) is 0 Å². The lowest BCUT2D eigenvalue weighted by Gasteiger charge is -2.04. The number of halogens is 5. The normalized spacial score (nSPS) is 10.6. The summed E-state index contributed by atoms with van der Waals surface area (Å²) in [5.41, 5.74) is -0.661. The van der Waals surface area contributed by atoms with Gasteiger partial charge in [-0.1, -0.05) is 0 Å². The van der Waals surface area contributed by atoms with E-state index in [1.807, 2.05) is 0 Å². The van der Waals surface area contributed by atoms with Gasteiger partial charge in [0, 0.05) is 5.56 Å². The fourth-order valence-corrected chi connectivity index (χ4v) is 1.37. The molecule has 0 N–H and O–H groups in total. The van der Waals surface area contributed by atoms with E-state index in [0.29, 0.717) is 12.1 Å². The van der Waals surface area contributed by atoms with Crippen molar-refractivity contribution >= 4 is 11.6 Å².